The van der Waals surface area contributed by atoms with Crippen LogP contribution in [0.2, 0.25) is 0 Å². The second-order valence-electron chi connectivity index (χ2n) is 7.74. The maximum atomic E-state index is 13.5. The van der Waals surface area contributed by atoms with E-state index in [1.54, 1.807) is 41.3 Å². The van der Waals surface area contributed by atoms with Gasteiger partial charge >= 0.3 is 0 Å². The number of nitrogens with zero attached hydrogens (tertiary/aromatic N) is 1. The first-order valence-corrected chi connectivity index (χ1v) is 10.2. The number of amides is 1. The summed E-state index contributed by atoms with van der Waals surface area (Å²) in [5.41, 5.74) is 1.22. The Morgan fingerprint density at radius 3 is 2.53 bits per heavy atom. The summed E-state index contributed by atoms with van der Waals surface area (Å²) in [5, 5.41) is 0.441. The summed E-state index contributed by atoms with van der Waals surface area (Å²) in [6.45, 7) is 4.39. The van der Waals surface area contributed by atoms with Gasteiger partial charge in [-0.15, -0.1) is 0 Å². The molecule has 0 aliphatic carbocycles. The fourth-order valence-corrected chi connectivity index (χ4v) is 4.38. The van der Waals surface area contributed by atoms with E-state index in [2.05, 4.69) is 0 Å². The van der Waals surface area contributed by atoms with E-state index in [0.717, 1.165) is 19.6 Å². The molecule has 0 bridgehead atoms. The molecule has 2 aliphatic rings. The van der Waals surface area contributed by atoms with Gasteiger partial charge in [0.1, 0.15) is 24.5 Å². The number of para-hydroxylation sites is 1. The second-order valence-corrected chi connectivity index (χ2v) is 7.74. The largest absolute Gasteiger partial charge is 0.450 e. The van der Waals surface area contributed by atoms with Crippen molar-refractivity contribution in [1.82, 2.24) is 4.90 Å². The molecule has 6 nitrogen and oxygen atoms in total. The number of hydrogen-bond acceptors (Lipinski definition) is 4. The number of halogens is 1. The molecule has 0 saturated carbocycles. The summed E-state index contributed by atoms with van der Waals surface area (Å²) in [5.74, 6) is -0.571. The van der Waals surface area contributed by atoms with Gasteiger partial charge in [-0.25, -0.2) is 4.39 Å². The predicted molar refractivity (Wildman–Crippen MR) is 108 cm³/mol. The van der Waals surface area contributed by atoms with Gasteiger partial charge < -0.3 is 19.0 Å². The predicted octanol–water partition coefficient (Wildman–Crippen LogP) is 1.39. The van der Waals surface area contributed by atoms with Crippen LogP contribution < -0.4 is 10.3 Å². The van der Waals surface area contributed by atoms with Crippen LogP contribution in [0.15, 0.2) is 57.7 Å². The van der Waals surface area contributed by atoms with Crippen molar-refractivity contribution in [1.29, 1.82) is 0 Å². The van der Waals surface area contributed by atoms with Gasteiger partial charge in [0.2, 0.25) is 5.76 Å². The highest BCUT2D eigenvalue weighted by atomic mass is 19.1. The standard InChI is InChI=1S/C23H21FN2O4/c24-16-7-5-15(6-8-16)20-19-21(27)17-3-1-2-4-18(17)30-22(19)23(28)26(20)10-9-25-11-13-29-14-12-25/h1-8,20H,9-14H2/p+1/t20-/m1/s1. The smallest absolute Gasteiger partial charge is 0.291 e. The van der Waals surface area contributed by atoms with Gasteiger partial charge in [-0.2, -0.15) is 0 Å². The Morgan fingerprint density at radius 1 is 1.03 bits per heavy atom. The Morgan fingerprint density at radius 2 is 1.77 bits per heavy atom. The molecule has 2 aliphatic heterocycles. The third-order valence-electron chi connectivity index (χ3n) is 5.97. The van der Waals surface area contributed by atoms with Crippen LogP contribution in [0.25, 0.3) is 11.0 Å². The Balaban J connectivity index is 1.59. The summed E-state index contributed by atoms with van der Waals surface area (Å²) >= 11 is 0. The van der Waals surface area contributed by atoms with Gasteiger partial charge in [0, 0.05) is 0 Å². The molecule has 5 rings (SSSR count). The minimum absolute atomic E-state index is 0.0880. The molecule has 1 aromatic heterocycles. The van der Waals surface area contributed by atoms with Gasteiger partial charge in [0.25, 0.3) is 5.91 Å². The van der Waals surface area contributed by atoms with Gasteiger partial charge in [-0.1, -0.05) is 24.3 Å². The first-order chi connectivity index (χ1) is 14.6. The fourth-order valence-electron chi connectivity index (χ4n) is 4.38. The molecule has 0 radical (unpaired) electrons. The Bertz CT molecular complexity index is 1150. The van der Waals surface area contributed by atoms with Gasteiger partial charge in [-0.3, -0.25) is 9.59 Å². The third kappa shape index (κ3) is 3.20. The highest BCUT2D eigenvalue weighted by Gasteiger charge is 2.43. The lowest BCUT2D eigenvalue weighted by Crippen LogP contribution is -3.14. The molecule has 1 N–H and O–H groups in total. The molecule has 0 unspecified atom stereocenters. The van der Waals surface area contributed by atoms with Crippen molar-refractivity contribution >= 4 is 16.9 Å². The molecule has 3 heterocycles. The van der Waals surface area contributed by atoms with Crippen molar-refractivity contribution < 1.29 is 23.2 Å². The third-order valence-corrected chi connectivity index (χ3v) is 5.97. The monoisotopic (exact) mass is 409 g/mol. The van der Waals surface area contributed by atoms with E-state index in [4.69, 9.17) is 9.15 Å². The number of quaternary nitrogens is 1. The normalized spacial score (nSPS) is 19.4. The van der Waals surface area contributed by atoms with Crippen molar-refractivity contribution in [2.75, 3.05) is 39.4 Å². The SMILES string of the molecule is O=C1c2oc3ccccc3c(=O)c2[C@@H](c2ccc(F)cc2)N1CC[NH+]1CCOCC1. The molecule has 1 saturated heterocycles. The number of rotatable bonds is 4. The summed E-state index contributed by atoms with van der Waals surface area (Å²) < 4.78 is 24.9. The first-order valence-electron chi connectivity index (χ1n) is 10.2. The topological polar surface area (TPSA) is 64.2 Å². The number of nitrogens with one attached hydrogen (secondary N) is 1. The zero-order valence-electron chi connectivity index (χ0n) is 16.4. The molecule has 154 valence electrons. The molecular formula is C23H22FN2O4+. The fraction of sp³-hybridized carbons (Fsp3) is 0.304. The molecule has 1 atom stereocenters. The Labute approximate surface area is 172 Å². The zero-order chi connectivity index (χ0) is 20.7. The van der Waals surface area contributed by atoms with E-state index < -0.39 is 6.04 Å². The zero-order valence-corrected chi connectivity index (χ0v) is 16.4. The highest BCUT2D eigenvalue weighted by molar-refractivity contribution is 5.99. The lowest BCUT2D eigenvalue weighted by atomic mass is 9.98. The summed E-state index contributed by atoms with van der Waals surface area (Å²) in [6, 6.07) is 12.3. The Kier molecular flexibility index (Phi) is 4.84. The molecule has 3 aromatic rings. The lowest BCUT2D eigenvalue weighted by Gasteiger charge is -2.29. The van der Waals surface area contributed by atoms with Crippen LogP contribution >= 0.6 is 0 Å². The first kappa shape index (κ1) is 19.0. The van der Waals surface area contributed by atoms with Crippen molar-refractivity contribution in [3.8, 4) is 0 Å². The number of morpholine rings is 1. The van der Waals surface area contributed by atoms with E-state index in [0.29, 0.717) is 41.9 Å². The molecule has 0 spiro atoms. The molecule has 7 heteroatoms. The second kappa shape index (κ2) is 7.66. The highest BCUT2D eigenvalue weighted by Crippen LogP contribution is 2.37. The molecule has 30 heavy (non-hydrogen) atoms. The number of carbonyl (C=O) groups is 1. The molecule has 1 amide bonds. The van der Waals surface area contributed by atoms with Crippen molar-refractivity contribution in [2.45, 2.75) is 6.04 Å². The molecular weight excluding hydrogens is 387 g/mol. The van der Waals surface area contributed by atoms with Crippen LogP contribution in [0.3, 0.4) is 0 Å². The summed E-state index contributed by atoms with van der Waals surface area (Å²) in [6.07, 6.45) is 0. The number of hydrogen-bond donors (Lipinski definition) is 1. The van der Waals surface area contributed by atoms with Crippen LogP contribution in [-0.4, -0.2) is 50.2 Å². The van der Waals surface area contributed by atoms with E-state index in [9.17, 15) is 14.0 Å². The van der Waals surface area contributed by atoms with Crippen LogP contribution in [0.4, 0.5) is 4.39 Å². The van der Waals surface area contributed by atoms with E-state index >= 15 is 0 Å². The van der Waals surface area contributed by atoms with Crippen molar-refractivity contribution in [3.05, 3.63) is 81.5 Å². The number of fused-ring (bicyclic) bond motifs is 2. The van der Waals surface area contributed by atoms with Crippen LogP contribution in [-0.2, 0) is 4.74 Å². The minimum Gasteiger partial charge on any atom is -0.450 e. The molecule has 2 aromatic carbocycles. The quantitative estimate of drug-likeness (QED) is 0.708. The lowest BCUT2D eigenvalue weighted by molar-refractivity contribution is -0.907. The Hall–Kier alpha value is -3.03. The van der Waals surface area contributed by atoms with E-state index in [1.165, 1.54) is 17.0 Å². The molecule has 1 fully saturated rings. The van der Waals surface area contributed by atoms with Gasteiger partial charge in [0.05, 0.1) is 43.3 Å². The van der Waals surface area contributed by atoms with Gasteiger partial charge in [-0.05, 0) is 29.8 Å². The van der Waals surface area contributed by atoms with Crippen LogP contribution in [0.5, 0.6) is 0 Å². The van der Waals surface area contributed by atoms with E-state index in [-0.39, 0.29) is 22.9 Å². The maximum Gasteiger partial charge on any atom is 0.291 e. The van der Waals surface area contributed by atoms with Crippen LogP contribution in [0, 0.1) is 5.82 Å². The van der Waals surface area contributed by atoms with E-state index in [1.807, 2.05) is 0 Å². The minimum atomic E-state index is -0.589. The number of carbonyl (C=O) groups excluding carboxylic acids is 1. The van der Waals surface area contributed by atoms with Crippen LogP contribution in [0.1, 0.15) is 27.7 Å². The number of ether oxygens (including phenoxy) is 1. The average Bonchev–Trinajstić information content (AvgIpc) is 3.06. The summed E-state index contributed by atoms with van der Waals surface area (Å²) in [7, 11) is 0. The average molecular weight is 409 g/mol. The van der Waals surface area contributed by atoms with Gasteiger partial charge in [0.15, 0.2) is 5.43 Å². The van der Waals surface area contributed by atoms with Crippen molar-refractivity contribution in [2.24, 2.45) is 0 Å². The number of benzene rings is 2. The summed E-state index contributed by atoms with van der Waals surface area (Å²) in [4.78, 5) is 29.7. The van der Waals surface area contributed by atoms with Crippen molar-refractivity contribution in [3.63, 3.8) is 0 Å². The maximum absolute atomic E-state index is 13.5.